The topological polar surface area (TPSA) is 84.9 Å². The zero-order chi connectivity index (χ0) is 18.4. The van der Waals surface area contributed by atoms with Crippen LogP contribution in [0.1, 0.15) is 28.8 Å². The molecule has 136 valence electrons. The third-order valence-corrected chi connectivity index (χ3v) is 4.55. The van der Waals surface area contributed by atoms with Crippen molar-refractivity contribution in [2.24, 2.45) is 5.92 Å². The number of hydrogen-bond acceptors (Lipinski definition) is 6. The van der Waals surface area contributed by atoms with Crippen molar-refractivity contribution in [3.63, 3.8) is 0 Å². The van der Waals surface area contributed by atoms with Gasteiger partial charge in [-0.3, -0.25) is 19.3 Å². The Morgan fingerprint density at radius 3 is 2.32 bits per heavy atom. The van der Waals surface area contributed by atoms with Crippen LogP contribution in [0.15, 0.2) is 24.3 Å². The molecule has 1 aromatic rings. The third kappa shape index (κ3) is 4.57. The highest BCUT2D eigenvalue weighted by atomic mass is 16.5. The Bertz CT molecular complexity index is 629. The maximum absolute atomic E-state index is 12.1. The molecule has 0 saturated carbocycles. The van der Waals surface area contributed by atoms with Crippen molar-refractivity contribution in [3.05, 3.63) is 35.4 Å². The lowest BCUT2D eigenvalue weighted by molar-refractivity contribution is -0.154. The molecular weight excluding hydrogens is 324 g/mol. The quantitative estimate of drug-likeness (QED) is 0.798. The Morgan fingerprint density at radius 1 is 1.12 bits per heavy atom. The molecule has 0 spiro atoms. The highest BCUT2D eigenvalue weighted by Gasteiger charge is 2.37. The van der Waals surface area contributed by atoms with Gasteiger partial charge >= 0.3 is 11.9 Å². The molecule has 0 aromatic heterocycles. The van der Waals surface area contributed by atoms with E-state index in [4.69, 9.17) is 9.47 Å². The zero-order valence-corrected chi connectivity index (χ0v) is 14.8. The smallest absolute Gasteiger partial charge is 0.323 e. The fraction of sp³-hybridized carbons (Fsp3) is 0.500. The van der Waals surface area contributed by atoms with Crippen LogP contribution in [0.5, 0.6) is 0 Å². The molecule has 0 bridgehead atoms. The van der Waals surface area contributed by atoms with Gasteiger partial charge in [-0.15, -0.1) is 0 Å². The number of carbonyl (C=O) groups is 3. The van der Waals surface area contributed by atoms with Gasteiger partial charge in [0.25, 0.3) is 5.91 Å². The number of hydrogen-bond donors (Lipinski definition) is 1. The SMILES string of the molecule is CNC(=O)c1ccc(CN2CC[C@H](C(=O)OC)C[C@H]2C(=O)OC)cc1. The minimum Gasteiger partial charge on any atom is -0.469 e. The molecule has 7 nitrogen and oxygen atoms in total. The molecule has 0 unspecified atom stereocenters. The first-order valence-electron chi connectivity index (χ1n) is 8.20. The Kier molecular flexibility index (Phi) is 6.52. The number of nitrogens with zero attached hydrogens (tertiary/aromatic N) is 1. The standard InChI is InChI=1S/C18H24N2O5/c1-19-16(21)13-6-4-12(5-7-13)11-20-9-8-14(17(22)24-2)10-15(20)18(23)25-3/h4-7,14-15H,8-11H2,1-3H3,(H,19,21)/t14-,15-/m0/s1. The Morgan fingerprint density at radius 2 is 1.76 bits per heavy atom. The van der Waals surface area contributed by atoms with E-state index in [1.165, 1.54) is 14.2 Å². The average Bonchev–Trinajstić information content (AvgIpc) is 2.66. The summed E-state index contributed by atoms with van der Waals surface area (Å²) in [6, 6.07) is 6.75. The molecular formula is C18H24N2O5. The van der Waals surface area contributed by atoms with E-state index in [1.54, 1.807) is 19.2 Å². The summed E-state index contributed by atoms with van der Waals surface area (Å²) >= 11 is 0. The van der Waals surface area contributed by atoms with Crippen LogP contribution in [0, 0.1) is 5.92 Å². The summed E-state index contributed by atoms with van der Waals surface area (Å²) in [4.78, 5) is 37.5. The van der Waals surface area contributed by atoms with Crippen molar-refractivity contribution in [1.29, 1.82) is 0 Å². The molecule has 2 atom stereocenters. The van der Waals surface area contributed by atoms with Crippen LogP contribution in [-0.2, 0) is 25.6 Å². The van der Waals surface area contributed by atoms with Crippen LogP contribution >= 0.6 is 0 Å². The first-order chi connectivity index (χ1) is 12.0. The molecule has 1 amide bonds. The van der Waals surface area contributed by atoms with Gasteiger partial charge in [-0.05, 0) is 30.5 Å². The predicted molar refractivity (Wildman–Crippen MR) is 90.8 cm³/mol. The van der Waals surface area contributed by atoms with E-state index in [9.17, 15) is 14.4 Å². The van der Waals surface area contributed by atoms with Crippen LogP contribution in [0.25, 0.3) is 0 Å². The van der Waals surface area contributed by atoms with Gasteiger partial charge in [0.05, 0.1) is 20.1 Å². The summed E-state index contributed by atoms with van der Waals surface area (Å²) in [5.74, 6) is -1.07. The van der Waals surface area contributed by atoms with Crippen LogP contribution in [0.2, 0.25) is 0 Å². The largest absolute Gasteiger partial charge is 0.469 e. The van der Waals surface area contributed by atoms with E-state index < -0.39 is 6.04 Å². The lowest BCUT2D eigenvalue weighted by Gasteiger charge is -2.36. The lowest BCUT2D eigenvalue weighted by Crippen LogP contribution is -2.48. The fourth-order valence-corrected chi connectivity index (χ4v) is 3.11. The highest BCUT2D eigenvalue weighted by Crippen LogP contribution is 2.26. The normalized spacial score (nSPS) is 20.6. The van der Waals surface area contributed by atoms with Crippen LogP contribution in [0.3, 0.4) is 0 Å². The summed E-state index contributed by atoms with van der Waals surface area (Å²) in [5.41, 5.74) is 1.57. The van der Waals surface area contributed by atoms with Gasteiger partial charge in [-0.2, -0.15) is 0 Å². The predicted octanol–water partition coefficient (Wildman–Crippen LogP) is 0.973. The molecule has 0 radical (unpaired) electrons. The van der Waals surface area contributed by atoms with Crippen molar-refractivity contribution < 1.29 is 23.9 Å². The van der Waals surface area contributed by atoms with Crippen molar-refractivity contribution in [1.82, 2.24) is 10.2 Å². The molecule has 25 heavy (non-hydrogen) atoms. The van der Waals surface area contributed by atoms with E-state index in [1.807, 2.05) is 17.0 Å². The van der Waals surface area contributed by atoms with Crippen LogP contribution in [-0.4, -0.2) is 56.6 Å². The molecule has 2 rings (SSSR count). The van der Waals surface area contributed by atoms with Gasteiger partial charge in [0, 0.05) is 25.7 Å². The first-order valence-corrected chi connectivity index (χ1v) is 8.20. The lowest BCUT2D eigenvalue weighted by atomic mass is 9.90. The van der Waals surface area contributed by atoms with Crippen molar-refractivity contribution in [2.45, 2.75) is 25.4 Å². The summed E-state index contributed by atoms with van der Waals surface area (Å²) < 4.78 is 9.70. The molecule has 1 aromatic carbocycles. The fourth-order valence-electron chi connectivity index (χ4n) is 3.11. The average molecular weight is 348 g/mol. The minimum absolute atomic E-state index is 0.141. The number of benzene rings is 1. The maximum atomic E-state index is 12.1. The second-order valence-corrected chi connectivity index (χ2v) is 6.03. The van der Waals surface area contributed by atoms with E-state index in [-0.39, 0.29) is 23.8 Å². The van der Waals surface area contributed by atoms with E-state index >= 15 is 0 Å². The molecule has 0 aliphatic carbocycles. The number of piperidine rings is 1. The summed E-state index contributed by atoms with van der Waals surface area (Å²) in [6.07, 6.45) is 1.02. The van der Waals surface area contributed by atoms with Crippen LogP contribution < -0.4 is 5.32 Å². The monoisotopic (exact) mass is 348 g/mol. The minimum atomic E-state index is -0.485. The van der Waals surface area contributed by atoms with Gasteiger partial charge < -0.3 is 14.8 Å². The number of methoxy groups -OCH3 is 2. The van der Waals surface area contributed by atoms with Gasteiger partial charge in [0.2, 0.25) is 0 Å². The van der Waals surface area contributed by atoms with Gasteiger partial charge in [0.15, 0.2) is 0 Å². The second-order valence-electron chi connectivity index (χ2n) is 6.03. The number of likely N-dealkylation sites (tertiary alicyclic amines) is 1. The van der Waals surface area contributed by atoms with E-state index in [2.05, 4.69) is 5.32 Å². The summed E-state index contributed by atoms with van der Waals surface area (Å²) in [6.45, 7) is 1.14. The molecule has 1 heterocycles. The van der Waals surface area contributed by atoms with Crippen molar-refractivity contribution >= 4 is 17.8 Å². The summed E-state index contributed by atoms with van der Waals surface area (Å²) in [7, 11) is 4.29. The maximum Gasteiger partial charge on any atom is 0.323 e. The summed E-state index contributed by atoms with van der Waals surface area (Å²) in [5, 5.41) is 2.58. The van der Waals surface area contributed by atoms with Crippen LogP contribution in [0.4, 0.5) is 0 Å². The highest BCUT2D eigenvalue weighted by molar-refractivity contribution is 5.93. The number of carbonyl (C=O) groups excluding carboxylic acids is 3. The third-order valence-electron chi connectivity index (χ3n) is 4.55. The molecule has 1 aliphatic heterocycles. The van der Waals surface area contributed by atoms with Gasteiger partial charge in [0.1, 0.15) is 6.04 Å². The second kappa shape index (κ2) is 8.62. The van der Waals surface area contributed by atoms with E-state index in [0.717, 1.165) is 5.56 Å². The number of ether oxygens (including phenoxy) is 2. The Labute approximate surface area is 147 Å². The molecule has 1 fully saturated rings. The van der Waals surface area contributed by atoms with E-state index in [0.29, 0.717) is 31.5 Å². The molecule has 1 saturated heterocycles. The molecule has 1 aliphatic rings. The van der Waals surface area contributed by atoms with Gasteiger partial charge in [-0.1, -0.05) is 12.1 Å². The molecule has 7 heteroatoms. The number of amides is 1. The van der Waals surface area contributed by atoms with Crippen molar-refractivity contribution in [2.75, 3.05) is 27.8 Å². The first kappa shape index (κ1) is 18.9. The van der Waals surface area contributed by atoms with Crippen molar-refractivity contribution in [3.8, 4) is 0 Å². The zero-order valence-electron chi connectivity index (χ0n) is 14.8. The Balaban J connectivity index is 2.10. The number of rotatable bonds is 5. The Hall–Kier alpha value is -2.41. The number of nitrogens with one attached hydrogen (secondary N) is 1. The number of esters is 2. The van der Waals surface area contributed by atoms with Gasteiger partial charge in [-0.25, -0.2) is 0 Å². The molecule has 1 N–H and O–H groups in total.